The number of para-hydroxylation sites is 2. The summed E-state index contributed by atoms with van der Waals surface area (Å²) in [5.41, 5.74) is 3.65. The van der Waals surface area contributed by atoms with Crippen LogP contribution in [0.15, 0.2) is 48.5 Å². The van der Waals surface area contributed by atoms with Gasteiger partial charge < -0.3 is 20.3 Å². The molecule has 1 aliphatic heterocycles. The number of nitrogens with zero attached hydrogens (tertiary/aromatic N) is 2. The smallest absolute Gasteiger partial charge is 0.227 e. The first-order chi connectivity index (χ1) is 14.4. The van der Waals surface area contributed by atoms with Gasteiger partial charge >= 0.3 is 0 Å². The number of likely N-dealkylation sites (tertiary alicyclic amines) is 1. The summed E-state index contributed by atoms with van der Waals surface area (Å²) in [6.07, 6.45) is 1.70. The van der Waals surface area contributed by atoms with Crippen LogP contribution in [0.5, 0.6) is 0 Å². The monoisotopic (exact) mass is 406 g/mol. The molecule has 30 heavy (non-hydrogen) atoms. The number of hydrogen-bond donors (Lipinski definition) is 3. The number of aliphatic hydroxyl groups is 1. The number of amides is 1. The summed E-state index contributed by atoms with van der Waals surface area (Å²) in [7, 11) is 0. The maximum atomic E-state index is 12.7. The Hall–Kier alpha value is -2.70. The van der Waals surface area contributed by atoms with Crippen molar-refractivity contribution in [1.82, 2.24) is 14.9 Å². The van der Waals surface area contributed by atoms with Gasteiger partial charge in [-0.2, -0.15) is 0 Å². The predicted molar refractivity (Wildman–Crippen MR) is 120 cm³/mol. The van der Waals surface area contributed by atoms with Gasteiger partial charge in [-0.05, 0) is 62.3 Å². The molecule has 0 unspecified atom stereocenters. The molecule has 6 nitrogen and oxygen atoms in total. The summed E-state index contributed by atoms with van der Waals surface area (Å²) in [4.78, 5) is 23.0. The average molecular weight is 407 g/mol. The maximum absolute atomic E-state index is 12.7. The van der Waals surface area contributed by atoms with Crippen molar-refractivity contribution in [2.45, 2.75) is 26.7 Å². The Bertz CT molecular complexity index is 968. The summed E-state index contributed by atoms with van der Waals surface area (Å²) < 4.78 is 0. The van der Waals surface area contributed by atoms with Crippen LogP contribution in [-0.2, 0) is 4.79 Å². The normalized spacial score (nSPS) is 16.1. The largest absolute Gasteiger partial charge is 0.396 e. The van der Waals surface area contributed by atoms with Gasteiger partial charge in [-0.1, -0.05) is 26.0 Å². The molecule has 1 fully saturated rings. The molecular weight excluding hydrogens is 376 g/mol. The SMILES string of the molecule is CC(C)(CO)CN1CCC(C(=O)Nc2ccc(-c3nc4ccccc4[nH]3)cc2)CC1. The standard InChI is InChI=1S/C24H30N4O2/c1-24(2,16-29)15-28-13-11-18(12-14-28)23(30)25-19-9-7-17(8-10-19)22-26-20-5-3-4-6-21(20)27-22/h3-10,18,29H,11-16H2,1-2H3,(H,25,30)(H,26,27). The van der Waals surface area contributed by atoms with Crippen LogP contribution >= 0.6 is 0 Å². The van der Waals surface area contributed by atoms with Crippen LogP contribution in [-0.4, -0.2) is 52.1 Å². The zero-order valence-corrected chi connectivity index (χ0v) is 17.7. The molecule has 6 heteroatoms. The Balaban J connectivity index is 1.33. The first kappa shape index (κ1) is 20.6. The number of anilines is 1. The molecule has 3 aromatic rings. The third-order valence-corrected chi connectivity index (χ3v) is 5.85. The third kappa shape index (κ3) is 4.71. The number of benzene rings is 2. The minimum absolute atomic E-state index is 0.0357. The van der Waals surface area contributed by atoms with Gasteiger partial charge in [-0.15, -0.1) is 0 Å². The Morgan fingerprint density at radius 3 is 2.53 bits per heavy atom. The average Bonchev–Trinajstić information content (AvgIpc) is 3.19. The van der Waals surface area contributed by atoms with Crippen molar-refractivity contribution >= 4 is 22.6 Å². The lowest BCUT2D eigenvalue weighted by Crippen LogP contribution is -2.43. The Morgan fingerprint density at radius 2 is 1.87 bits per heavy atom. The second-order valence-electron chi connectivity index (χ2n) is 9.04. The topological polar surface area (TPSA) is 81.2 Å². The highest BCUT2D eigenvalue weighted by atomic mass is 16.3. The number of carbonyl (C=O) groups excluding carboxylic acids is 1. The first-order valence-electron chi connectivity index (χ1n) is 10.6. The van der Waals surface area contributed by atoms with E-state index in [1.807, 2.05) is 48.5 Å². The lowest BCUT2D eigenvalue weighted by atomic mass is 9.90. The van der Waals surface area contributed by atoms with Crippen LogP contribution in [0.1, 0.15) is 26.7 Å². The Morgan fingerprint density at radius 1 is 1.17 bits per heavy atom. The number of rotatable bonds is 6. The zero-order chi connectivity index (χ0) is 21.1. The molecule has 0 bridgehead atoms. The van der Waals surface area contributed by atoms with Crippen molar-refractivity contribution in [3.05, 3.63) is 48.5 Å². The molecule has 1 amide bonds. The highest BCUT2D eigenvalue weighted by molar-refractivity contribution is 5.93. The molecule has 0 spiro atoms. The lowest BCUT2D eigenvalue weighted by molar-refractivity contribution is -0.121. The van der Waals surface area contributed by atoms with Gasteiger partial charge in [0.15, 0.2) is 0 Å². The summed E-state index contributed by atoms with van der Waals surface area (Å²) in [5.74, 6) is 0.952. The molecule has 0 radical (unpaired) electrons. The Kier molecular flexibility index (Phi) is 5.88. The van der Waals surface area contributed by atoms with Crippen molar-refractivity contribution in [2.24, 2.45) is 11.3 Å². The van der Waals surface area contributed by atoms with E-state index >= 15 is 0 Å². The predicted octanol–water partition coefficient (Wildman–Crippen LogP) is 3.90. The highest BCUT2D eigenvalue weighted by Gasteiger charge is 2.28. The first-order valence-corrected chi connectivity index (χ1v) is 10.6. The van der Waals surface area contributed by atoms with E-state index in [0.29, 0.717) is 0 Å². The van der Waals surface area contributed by atoms with Gasteiger partial charge in [0.25, 0.3) is 0 Å². The number of piperidine rings is 1. The molecule has 158 valence electrons. The van der Waals surface area contributed by atoms with E-state index in [1.54, 1.807) is 0 Å². The molecule has 1 aromatic heterocycles. The second-order valence-corrected chi connectivity index (χ2v) is 9.04. The summed E-state index contributed by atoms with van der Waals surface area (Å²) in [6, 6.07) is 15.8. The van der Waals surface area contributed by atoms with Crippen molar-refractivity contribution in [3.63, 3.8) is 0 Å². The van der Waals surface area contributed by atoms with E-state index in [2.05, 4.69) is 34.0 Å². The molecule has 0 saturated carbocycles. The number of hydrogen-bond acceptors (Lipinski definition) is 4. The number of carbonyl (C=O) groups is 1. The lowest BCUT2D eigenvalue weighted by Gasteiger charge is -2.36. The molecule has 4 rings (SSSR count). The van der Waals surface area contributed by atoms with Crippen LogP contribution in [0.3, 0.4) is 0 Å². The van der Waals surface area contributed by atoms with Crippen molar-refractivity contribution in [1.29, 1.82) is 0 Å². The number of fused-ring (bicyclic) bond motifs is 1. The van der Waals surface area contributed by atoms with Crippen molar-refractivity contribution in [2.75, 3.05) is 31.6 Å². The fraction of sp³-hybridized carbons (Fsp3) is 0.417. The molecule has 1 saturated heterocycles. The number of aromatic amines is 1. The van der Waals surface area contributed by atoms with Gasteiger partial charge in [0.05, 0.1) is 11.0 Å². The molecular formula is C24H30N4O2. The fourth-order valence-electron chi connectivity index (χ4n) is 4.05. The van der Waals surface area contributed by atoms with Crippen LogP contribution in [0.4, 0.5) is 5.69 Å². The van der Waals surface area contributed by atoms with Crippen LogP contribution in [0.2, 0.25) is 0 Å². The Labute approximate surface area is 177 Å². The quantitative estimate of drug-likeness (QED) is 0.580. The molecule has 2 aromatic carbocycles. The highest BCUT2D eigenvalue weighted by Crippen LogP contribution is 2.25. The molecule has 1 aliphatic rings. The van der Waals surface area contributed by atoms with Crippen molar-refractivity contribution < 1.29 is 9.90 Å². The summed E-state index contributed by atoms with van der Waals surface area (Å²) in [5, 5.41) is 12.5. The van der Waals surface area contributed by atoms with E-state index in [0.717, 1.165) is 60.6 Å². The number of aliphatic hydroxyl groups excluding tert-OH is 1. The van der Waals surface area contributed by atoms with Gasteiger partial charge in [-0.3, -0.25) is 4.79 Å². The minimum atomic E-state index is -0.101. The van der Waals surface area contributed by atoms with E-state index < -0.39 is 0 Å². The number of nitrogens with one attached hydrogen (secondary N) is 2. The van der Waals surface area contributed by atoms with E-state index in [4.69, 9.17) is 0 Å². The van der Waals surface area contributed by atoms with Crippen LogP contribution in [0, 0.1) is 11.3 Å². The van der Waals surface area contributed by atoms with Gasteiger partial charge in [0.1, 0.15) is 5.82 Å². The van der Waals surface area contributed by atoms with Crippen LogP contribution < -0.4 is 5.32 Å². The van der Waals surface area contributed by atoms with E-state index in [9.17, 15) is 9.90 Å². The molecule has 0 aliphatic carbocycles. The van der Waals surface area contributed by atoms with E-state index in [-0.39, 0.29) is 23.8 Å². The van der Waals surface area contributed by atoms with Crippen LogP contribution in [0.25, 0.3) is 22.4 Å². The molecule has 3 N–H and O–H groups in total. The number of aromatic nitrogens is 2. The zero-order valence-electron chi connectivity index (χ0n) is 17.7. The summed E-state index contributed by atoms with van der Waals surface area (Å²) in [6.45, 7) is 6.97. The van der Waals surface area contributed by atoms with E-state index in [1.165, 1.54) is 0 Å². The van der Waals surface area contributed by atoms with Crippen molar-refractivity contribution in [3.8, 4) is 11.4 Å². The molecule has 2 heterocycles. The van der Waals surface area contributed by atoms with Gasteiger partial charge in [-0.25, -0.2) is 4.98 Å². The van der Waals surface area contributed by atoms with Gasteiger partial charge in [0.2, 0.25) is 5.91 Å². The number of H-pyrrole nitrogens is 1. The fourth-order valence-corrected chi connectivity index (χ4v) is 4.05. The summed E-state index contributed by atoms with van der Waals surface area (Å²) >= 11 is 0. The number of imidazole rings is 1. The minimum Gasteiger partial charge on any atom is -0.396 e. The second kappa shape index (κ2) is 8.58. The van der Waals surface area contributed by atoms with Gasteiger partial charge in [0, 0.05) is 35.7 Å². The third-order valence-electron chi connectivity index (χ3n) is 5.85. The maximum Gasteiger partial charge on any atom is 0.227 e. The molecule has 0 atom stereocenters.